The second-order valence-corrected chi connectivity index (χ2v) is 4.86. The number of amides is 1. The van der Waals surface area contributed by atoms with Crippen LogP contribution in [0.5, 0.6) is 0 Å². The van der Waals surface area contributed by atoms with E-state index < -0.39 is 23.3 Å². The van der Waals surface area contributed by atoms with Gasteiger partial charge in [0.05, 0.1) is 17.2 Å². The molecule has 0 spiro atoms. The number of carbonyl (C=O) groups is 1. The largest absolute Gasteiger partial charge is 0.417 e. The summed E-state index contributed by atoms with van der Waals surface area (Å²) in [7, 11) is 4.69. The Balaban J connectivity index is 3.21. The number of hydrogen-bond donors (Lipinski definition) is 0. The number of likely N-dealkylation sites (N-methyl/N-ethyl adjacent to an activating group) is 2. The fourth-order valence-corrected chi connectivity index (χ4v) is 1.85. The smallest absolute Gasteiger partial charge is 0.363 e. The average Bonchev–Trinajstić information content (AvgIpc) is 2.43. The van der Waals surface area contributed by atoms with Crippen LogP contribution in [0.4, 0.5) is 18.9 Å². The van der Waals surface area contributed by atoms with Crippen molar-refractivity contribution < 1.29 is 18.0 Å². The van der Waals surface area contributed by atoms with Gasteiger partial charge in [0.25, 0.3) is 0 Å². The third kappa shape index (κ3) is 3.66. The monoisotopic (exact) mass is 299 g/mol. The maximum Gasteiger partial charge on any atom is 0.417 e. The van der Waals surface area contributed by atoms with E-state index in [1.807, 2.05) is 0 Å². The summed E-state index contributed by atoms with van der Waals surface area (Å²) in [6, 6.07) is 4.30. The number of carbonyl (C=O) groups excluding carboxylic acids is 1. The van der Waals surface area contributed by atoms with Gasteiger partial charge in [0, 0.05) is 26.8 Å². The van der Waals surface area contributed by atoms with Crippen LogP contribution in [0.1, 0.15) is 18.1 Å². The first-order chi connectivity index (χ1) is 9.59. The molecule has 0 N–H and O–H groups in total. The van der Waals surface area contributed by atoms with E-state index in [4.69, 9.17) is 5.26 Å². The maximum atomic E-state index is 12.9. The Hall–Kier alpha value is -2.23. The number of nitrogens with zero attached hydrogens (tertiary/aromatic N) is 3. The highest BCUT2D eigenvalue weighted by molar-refractivity contribution is 5.84. The summed E-state index contributed by atoms with van der Waals surface area (Å²) in [6.07, 6.45) is -4.61. The minimum atomic E-state index is -4.61. The lowest BCUT2D eigenvalue weighted by Crippen LogP contribution is -2.42. The van der Waals surface area contributed by atoms with Crippen molar-refractivity contribution in [1.82, 2.24) is 4.90 Å². The van der Waals surface area contributed by atoms with Crippen LogP contribution in [-0.2, 0) is 11.0 Å². The zero-order valence-corrected chi connectivity index (χ0v) is 12.2. The lowest BCUT2D eigenvalue weighted by Gasteiger charge is -2.28. The normalized spacial score (nSPS) is 12.5. The summed E-state index contributed by atoms with van der Waals surface area (Å²) >= 11 is 0. The molecule has 0 bridgehead atoms. The molecule has 0 aliphatic rings. The van der Waals surface area contributed by atoms with Crippen molar-refractivity contribution in [3.8, 4) is 6.07 Å². The zero-order chi connectivity index (χ0) is 16.4. The van der Waals surface area contributed by atoms with E-state index in [1.165, 1.54) is 29.0 Å². The predicted octanol–water partition coefficient (Wildman–Crippen LogP) is 2.49. The molecule has 0 fully saturated rings. The van der Waals surface area contributed by atoms with E-state index in [-0.39, 0.29) is 11.6 Å². The molecule has 21 heavy (non-hydrogen) atoms. The van der Waals surface area contributed by atoms with Gasteiger partial charge in [0.1, 0.15) is 6.04 Å². The highest BCUT2D eigenvalue weighted by Gasteiger charge is 2.34. The first kappa shape index (κ1) is 16.8. The number of alkyl halides is 3. The Bertz CT molecular complexity index is 576. The molecule has 0 radical (unpaired) electrons. The molecule has 1 rings (SSSR count). The maximum absolute atomic E-state index is 12.9. The molecule has 1 aromatic carbocycles. The van der Waals surface area contributed by atoms with Crippen LogP contribution in [0.2, 0.25) is 0 Å². The number of halogens is 3. The van der Waals surface area contributed by atoms with E-state index in [1.54, 1.807) is 21.0 Å². The molecule has 4 nitrogen and oxygen atoms in total. The fourth-order valence-electron chi connectivity index (χ4n) is 1.85. The van der Waals surface area contributed by atoms with E-state index in [9.17, 15) is 18.0 Å². The van der Waals surface area contributed by atoms with E-state index in [2.05, 4.69) is 0 Å². The quantitative estimate of drug-likeness (QED) is 0.861. The van der Waals surface area contributed by atoms with Crippen LogP contribution in [0.3, 0.4) is 0 Å². The molecule has 1 aromatic rings. The molecular weight excluding hydrogens is 283 g/mol. The van der Waals surface area contributed by atoms with Crippen LogP contribution in [0.25, 0.3) is 0 Å². The lowest BCUT2D eigenvalue weighted by atomic mass is 10.1. The van der Waals surface area contributed by atoms with Crippen molar-refractivity contribution in [3.63, 3.8) is 0 Å². The van der Waals surface area contributed by atoms with Crippen molar-refractivity contribution >= 4 is 11.6 Å². The predicted molar refractivity (Wildman–Crippen MR) is 72.7 cm³/mol. The highest BCUT2D eigenvalue weighted by atomic mass is 19.4. The number of rotatable bonds is 3. The van der Waals surface area contributed by atoms with Gasteiger partial charge in [-0.05, 0) is 25.1 Å². The molecular formula is C14H16F3N3O. The molecule has 1 atom stereocenters. The molecule has 1 unspecified atom stereocenters. The minimum absolute atomic E-state index is 0.226. The van der Waals surface area contributed by atoms with Gasteiger partial charge in [-0.25, -0.2) is 0 Å². The number of hydrogen-bond acceptors (Lipinski definition) is 3. The third-order valence-electron chi connectivity index (χ3n) is 3.22. The summed E-state index contributed by atoms with van der Waals surface area (Å²) in [5, 5.41) is 8.76. The fraction of sp³-hybridized carbons (Fsp3) is 0.429. The van der Waals surface area contributed by atoms with Gasteiger partial charge in [-0.3, -0.25) is 4.79 Å². The van der Waals surface area contributed by atoms with Crippen molar-refractivity contribution in [1.29, 1.82) is 5.26 Å². The van der Waals surface area contributed by atoms with Gasteiger partial charge in [-0.15, -0.1) is 0 Å². The van der Waals surface area contributed by atoms with Gasteiger partial charge in [-0.1, -0.05) is 0 Å². The Morgan fingerprint density at radius 3 is 2.29 bits per heavy atom. The molecule has 0 saturated carbocycles. The molecule has 114 valence electrons. The number of nitriles is 1. The van der Waals surface area contributed by atoms with Crippen LogP contribution in [-0.4, -0.2) is 38.0 Å². The van der Waals surface area contributed by atoms with Crippen molar-refractivity contribution in [2.45, 2.75) is 19.1 Å². The molecule has 0 aliphatic carbocycles. The summed E-state index contributed by atoms with van der Waals surface area (Å²) in [5.41, 5.74) is -1.21. The summed E-state index contributed by atoms with van der Waals surface area (Å²) in [5.74, 6) is -0.226. The SMILES string of the molecule is CC(C(=O)N(C)C)N(C)c1ccc(C#N)c(C(F)(F)F)c1. The van der Waals surface area contributed by atoms with Crippen LogP contribution in [0, 0.1) is 11.3 Å². The molecule has 0 aromatic heterocycles. The van der Waals surface area contributed by atoms with Crippen molar-refractivity contribution in [3.05, 3.63) is 29.3 Å². The molecule has 0 heterocycles. The molecule has 0 saturated heterocycles. The summed E-state index contributed by atoms with van der Waals surface area (Å²) in [4.78, 5) is 14.7. The standard InChI is InChI=1S/C14H16F3N3O/c1-9(13(21)19(2)3)20(4)11-6-5-10(8-18)12(7-11)14(15,16)17/h5-7,9H,1-4H3. The number of benzene rings is 1. The zero-order valence-electron chi connectivity index (χ0n) is 12.2. The summed E-state index contributed by atoms with van der Waals surface area (Å²) in [6.45, 7) is 1.60. The molecule has 7 heteroatoms. The van der Waals surface area contributed by atoms with E-state index in [0.717, 1.165) is 12.1 Å². The van der Waals surface area contributed by atoms with E-state index in [0.29, 0.717) is 0 Å². The number of anilines is 1. The third-order valence-corrected chi connectivity index (χ3v) is 3.22. The van der Waals surface area contributed by atoms with Gasteiger partial charge < -0.3 is 9.80 Å². The van der Waals surface area contributed by atoms with Crippen LogP contribution in [0.15, 0.2) is 18.2 Å². The molecule has 0 aliphatic heterocycles. The Morgan fingerprint density at radius 2 is 1.86 bits per heavy atom. The Kier molecular flexibility index (Phi) is 4.84. The first-order valence-corrected chi connectivity index (χ1v) is 6.15. The molecule has 1 amide bonds. The van der Waals surface area contributed by atoms with Gasteiger partial charge in [0.2, 0.25) is 5.91 Å². The van der Waals surface area contributed by atoms with Gasteiger partial charge in [-0.2, -0.15) is 18.4 Å². The van der Waals surface area contributed by atoms with Gasteiger partial charge in [0.15, 0.2) is 0 Å². The van der Waals surface area contributed by atoms with E-state index >= 15 is 0 Å². The highest BCUT2D eigenvalue weighted by Crippen LogP contribution is 2.34. The Morgan fingerprint density at radius 1 is 1.29 bits per heavy atom. The second kappa shape index (κ2) is 6.04. The minimum Gasteiger partial charge on any atom is -0.363 e. The van der Waals surface area contributed by atoms with Crippen LogP contribution >= 0.6 is 0 Å². The first-order valence-electron chi connectivity index (χ1n) is 6.15. The van der Waals surface area contributed by atoms with Crippen molar-refractivity contribution in [2.24, 2.45) is 0 Å². The summed E-state index contributed by atoms with van der Waals surface area (Å²) < 4.78 is 38.8. The van der Waals surface area contributed by atoms with Gasteiger partial charge >= 0.3 is 6.18 Å². The average molecular weight is 299 g/mol. The van der Waals surface area contributed by atoms with Crippen LogP contribution < -0.4 is 4.90 Å². The second-order valence-electron chi connectivity index (χ2n) is 4.86. The Labute approximate surface area is 121 Å². The lowest BCUT2D eigenvalue weighted by molar-refractivity contribution is -0.137. The van der Waals surface area contributed by atoms with Crippen molar-refractivity contribution in [2.75, 3.05) is 26.0 Å². The topological polar surface area (TPSA) is 47.3 Å².